The van der Waals surface area contributed by atoms with Crippen molar-refractivity contribution in [3.05, 3.63) is 0 Å². The summed E-state index contributed by atoms with van der Waals surface area (Å²) in [5, 5.41) is 6.33. The lowest BCUT2D eigenvalue weighted by Crippen LogP contribution is -2.28. The Morgan fingerprint density at radius 2 is 2.20 bits per heavy atom. The fourth-order valence-electron chi connectivity index (χ4n) is 0.509. The largest absolute Gasteiger partial charge is 0.315 e. The monoisotopic (exact) mass is 143 g/mol. The van der Waals surface area contributed by atoms with Crippen LogP contribution in [0.3, 0.4) is 0 Å². The molecule has 4 nitrogen and oxygen atoms in total. The third kappa shape index (κ3) is 3.06. The van der Waals surface area contributed by atoms with Crippen molar-refractivity contribution in [2.75, 3.05) is 7.05 Å². The minimum absolute atomic E-state index is 0.234. The van der Waals surface area contributed by atoms with Gasteiger partial charge in [0.05, 0.1) is 0 Å². The summed E-state index contributed by atoms with van der Waals surface area (Å²) in [6.07, 6.45) is 0.621. The van der Waals surface area contributed by atoms with Gasteiger partial charge in [-0.25, -0.2) is 0 Å². The Balaban J connectivity index is 3.96. The number of hydrogen-bond donors (Lipinski definition) is 2. The van der Waals surface area contributed by atoms with Crippen LogP contribution in [-0.4, -0.2) is 19.3 Å². The van der Waals surface area contributed by atoms with E-state index >= 15 is 0 Å². The zero-order chi connectivity index (χ0) is 7.98. The molecular weight excluding hydrogens is 130 g/mol. The molecule has 0 fully saturated rings. The van der Waals surface area contributed by atoms with Gasteiger partial charge in [-0.05, 0) is 0 Å². The fraction of sp³-hybridized carbons (Fsp3) is 0.667. The molecule has 0 aromatic carbocycles. The molecule has 0 aromatic rings. The van der Waals surface area contributed by atoms with E-state index in [0.717, 1.165) is 0 Å². The normalized spacial score (nSPS) is 11.4. The summed E-state index contributed by atoms with van der Waals surface area (Å²) in [6, 6.07) is 0. The lowest BCUT2D eigenvalue weighted by molar-refractivity contribution is -0.108. The molecule has 4 heteroatoms. The average Bonchev–Trinajstić information content (AvgIpc) is 1.87. The van der Waals surface area contributed by atoms with Crippen LogP contribution in [0.2, 0.25) is 0 Å². The molecule has 0 saturated heterocycles. The van der Waals surface area contributed by atoms with Gasteiger partial charge in [0, 0.05) is 13.0 Å². The summed E-state index contributed by atoms with van der Waals surface area (Å²) in [5.74, 6) is 0.884. The molecule has 10 heavy (non-hydrogen) atoms. The Hall–Kier alpha value is -1.06. The SMILES string of the molecule is CN/N=C(\NC=O)C(C)C. The highest BCUT2D eigenvalue weighted by Crippen LogP contribution is 1.91. The van der Waals surface area contributed by atoms with Gasteiger partial charge in [-0.2, -0.15) is 5.10 Å². The van der Waals surface area contributed by atoms with Gasteiger partial charge in [0.2, 0.25) is 6.41 Å². The van der Waals surface area contributed by atoms with E-state index in [1.165, 1.54) is 0 Å². The molecule has 0 bridgehead atoms. The van der Waals surface area contributed by atoms with E-state index in [2.05, 4.69) is 15.8 Å². The maximum absolute atomic E-state index is 9.97. The molecule has 1 amide bonds. The van der Waals surface area contributed by atoms with Gasteiger partial charge in [0.15, 0.2) is 0 Å². The molecular formula is C6H13N3O. The van der Waals surface area contributed by atoms with Crippen LogP contribution in [0.4, 0.5) is 0 Å². The standard InChI is InChI=1S/C6H13N3O/c1-5(2)6(8-4-10)9-7-3/h4-5,7H,1-3H3,(H,8,9,10). The molecule has 0 atom stereocenters. The van der Waals surface area contributed by atoms with Crippen LogP contribution in [0.15, 0.2) is 5.10 Å². The number of amides is 1. The van der Waals surface area contributed by atoms with Crippen LogP contribution in [0.1, 0.15) is 13.8 Å². The minimum Gasteiger partial charge on any atom is -0.315 e. The maximum Gasteiger partial charge on any atom is 0.212 e. The number of hydrazone groups is 1. The summed E-state index contributed by atoms with van der Waals surface area (Å²) in [4.78, 5) is 9.97. The fourth-order valence-corrected chi connectivity index (χ4v) is 0.509. The predicted octanol–water partition coefficient (Wildman–Crippen LogP) is -0.0787. The summed E-state index contributed by atoms with van der Waals surface area (Å²) >= 11 is 0. The molecule has 0 unspecified atom stereocenters. The van der Waals surface area contributed by atoms with Crippen LogP contribution in [0, 0.1) is 5.92 Å². The first kappa shape index (κ1) is 8.94. The number of hydrogen-bond acceptors (Lipinski definition) is 3. The van der Waals surface area contributed by atoms with Crippen molar-refractivity contribution in [3.63, 3.8) is 0 Å². The molecule has 58 valence electrons. The third-order valence-corrected chi connectivity index (χ3v) is 0.986. The summed E-state index contributed by atoms with van der Waals surface area (Å²) < 4.78 is 0. The second-order valence-corrected chi connectivity index (χ2v) is 2.14. The van der Waals surface area contributed by atoms with Gasteiger partial charge in [-0.15, -0.1) is 0 Å². The molecule has 0 aliphatic carbocycles. The summed E-state index contributed by atoms with van der Waals surface area (Å²) in [5.41, 5.74) is 2.60. The van der Waals surface area contributed by atoms with Crippen molar-refractivity contribution >= 4 is 12.2 Å². The Labute approximate surface area is 60.7 Å². The van der Waals surface area contributed by atoms with Crippen LogP contribution >= 0.6 is 0 Å². The van der Waals surface area contributed by atoms with E-state index in [9.17, 15) is 4.79 Å². The summed E-state index contributed by atoms with van der Waals surface area (Å²) in [6.45, 7) is 3.90. The van der Waals surface area contributed by atoms with Crippen LogP contribution in [0.25, 0.3) is 0 Å². The second-order valence-electron chi connectivity index (χ2n) is 2.14. The third-order valence-electron chi connectivity index (χ3n) is 0.986. The highest BCUT2D eigenvalue weighted by atomic mass is 16.1. The number of amidine groups is 1. The van der Waals surface area contributed by atoms with Gasteiger partial charge in [-0.3, -0.25) is 4.79 Å². The molecule has 0 saturated carbocycles. The molecule has 0 heterocycles. The van der Waals surface area contributed by atoms with E-state index in [1.807, 2.05) is 13.8 Å². The Bertz CT molecular complexity index is 131. The minimum atomic E-state index is 0.234. The van der Waals surface area contributed by atoms with Crippen molar-refractivity contribution < 1.29 is 4.79 Å². The number of rotatable bonds is 3. The second kappa shape index (κ2) is 4.78. The van der Waals surface area contributed by atoms with E-state index < -0.39 is 0 Å². The molecule has 0 radical (unpaired) electrons. The quantitative estimate of drug-likeness (QED) is 0.251. The first-order chi connectivity index (χ1) is 4.72. The summed E-state index contributed by atoms with van der Waals surface area (Å²) in [7, 11) is 1.69. The van der Waals surface area contributed by atoms with E-state index in [0.29, 0.717) is 12.2 Å². The molecule has 2 N–H and O–H groups in total. The molecule has 0 aliphatic rings. The zero-order valence-corrected chi connectivity index (χ0v) is 6.51. The van der Waals surface area contributed by atoms with Crippen molar-refractivity contribution in [3.8, 4) is 0 Å². The van der Waals surface area contributed by atoms with E-state index in [1.54, 1.807) is 7.05 Å². The number of carbonyl (C=O) groups excluding carboxylic acids is 1. The average molecular weight is 143 g/mol. The molecule has 0 spiro atoms. The maximum atomic E-state index is 9.97. The van der Waals surface area contributed by atoms with Gasteiger partial charge in [0.1, 0.15) is 5.84 Å². The van der Waals surface area contributed by atoms with Gasteiger partial charge < -0.3 is 10.7 Å². The first-order valence-electron chi connectivity index (χ1n) is 3.16. The number of nitrogens with zero attached hydrogens (tertiary/aromatic N) is 1. The Morgan fingerprint density at radius 3 is 2.50 bits per heavy atom. The smallest absolute Gasteiger partial charge is 0.212 e. The molecule has 0 rings (SSSR count). The van der Waals surface area contributed by atoms with E-state index in [4.69, 9.17) is 0 Å². The van der Waals surface area contributed by atoms with Crippen molar-refractivity contribution in [2.45, 2.75) is 13.8 Å². The van der Waals surface area contributed by atoms with Crippen molar-refractivity contribution in [1.29, 1.82) is 0 Å². The van der Waals surface area contributed by atoms with Gasteiger partial charge >= 0.3 is 0 Å². The highest BCUT2D eigenvalue weighted by molar-refractivity contribution is 5.91. The van der Waals surface area contributed by atoms with Crippen molar-refractivity contribution in [1.82, 2.24) is 10.7 Å². The Kier molecular flexibility index (Phi) is 4.28. The number of nitrogens with one attached hydrogen (secondary N) is 2. The van der Waals surface area contributed by atoms with Crippen LogP contribution < -0.4 is 10.7 Å². The van der Waals surface area contributed by atoms with Crippen LogP contribution in [0.5, 0.6) is 0 Å². The molecule has 0 aliphatic heterocycles. The van der Waals surface area contributed by atoms with Crippen molar-refractivity contribution in [2.24, 2.45) is 11.0 Å². The molecule has 0 aromatic heterocycles. The number of carbonyl (C=O) groups is 1. The van der Waals surface area contributed by atoms with Gasteiger partial charge in [0.25, 0.3) is 0 Å². The lowest BCUT2D eigenvalue weighted by Gasteiger charge is -2.06. The highest BCUT2D eigenvalue weighted by Gasteiger charge is 2.01. The lowest BCUT2D eigenvalue weighted by atomic mass is 10.2. The zero-order valence-electron chi connectivity index (χ0n) is 6.51. The Morgan fingerprint density at radius 1 is 1.60 bits per heavy atom. The van der Waals surface area contributed by atoms with E-state index in [-0.39, 0.29) is 5.92 Å². The van der Waals surface area contributed by atoms with Crippen LogP contribution in [-0.2, 0) is 4.79 Å². The van der Waals surface area contributed by atoms with Gasteiger partial charge in [-0.1, -0.05) is 13.8 Å². The topological polar surface area (TPSA) is 53.5 Å². The first-order valence-corrected chi connectivity index (χ1v) is 3.16. The predicted molar refractivity (Wildman–Crippen MR) is 40.5 cm³/mol.